The molecule has 0 aliphatic rings. The number of hydrogen-bond donors (Lipinski definition) is 1. The maximum Gasteiger partial charge on any atom is 0.307 e. The van der Waals surface area contributed by atoms with Crippen LogP contribution in [-0.4, -0.2) is 42.1 Å². The number of carboxylic acid groups (broad SMARTS) is 1. The van der Waals surface area contributed by atoms with Crippen molar-refractivity contribution in [2.75, 3.05) is 20.2 Å². The highest BCUT2D eigenvalue weighted by atomic mass is 79.9. The lowest BCUT2D eigenvalue weighted by Gasteiger charge is -2.23. The van der Waals surface area contributed by atoms with Gasteiger partial charge in [-0.15, -0.1) is 0 Å². The Bertz CT molecular complexity index is 489. The van der Waals surface area contributed by atoms with Crippen molar-refractivity contribution >= 4 is 27.8 Å². The first-order valence-electron chi connectivity index (χ1n) is 6.69. The second-order valence-electron chi connectivity index (χ2n) is 4.98. The van der Waals surface area contributed by atoms with Crippen molar-refractivity contribution in [1.29, 1.82) is 0 Å². The summed E-state index contributed by atoms with van der Waals surface area (Å²) < 4.78 is 6.51. The molecule has 0 aliphatic heterocycles. The van der Waals surface area contributed by atoms with Gasteiger partial charge in [-0.3, -0.25) is 9.59 Å². The smallest absolute Gasteiger partial charge is 0.307 e. The van der Waals surface area contributed by atoms with Gasteiger partial charge in [-0.05, 0) is 24.3 Å². The maximum absolute atomic E-state index is 12.1. The molecule has 21 heavy (non-hydrogen) atoms. The Balaban J connectivity index is 2.42. The lowest BCUT2D eigenvalue weighted by molar-refractivity contribution is -0.148. The van der Waals surface area contributed by atoms with Gasteiger partial charge in [-0.25, -0.2) is 0 Å². The summed E-state index contributed by atoms with van der Waals surface area (Å²) in [6, 6.07) is 7.42. The number of hydrogen-bond acceptors (Lipinski definition) is 3. The number of carboxylic acids is 1. The molecule has 0 saturated carbocycles. The van der Waals surface area contributed by atoms with E-state index < -0.39 is 17.8 Å². The first-order chi connectivity index (χ1) is 9.82. The molecule has 1 aromatic rings. The van der Waals surface area contributed by atoms with E-state index in [4.69, 9.17) is 9.84 Å². The van der Waals surface area contributed by atoms with Gasteiger partial charge < -0.3 is 14.7 Å². The highest BCUT2D eigenvalue weighted by Crippen LogP contribution is 2.16. The molecule has 6 heteroatoms. The lowest BCUT2D eigenvalue weighted by atomic mass is 9.95. The van der Waals surface area contributed by atoms with E-state index in [9.17, 15) is 9.59 Å². The summed E-state index contributed by atoms with van der Waals surface area (Å²) in [4.78, 5) is 24.5. The number of nitrogens with zero attached hydrogens (tertiary/aromatic N) is 1. The second kappa shape index (κ2) is 8.02. The van der Waals surface area contributed by atoms with Gasteiger partial charge in [-0.1, -0.05) is 29.8 Å². The van der Waals surface area contributed by atoms with Crippen LogP contribution in [0.3, 0.4) is 0 Å². The van der Waals surface area contributed by atoms with Crippen LogP contribution in [-0.2, 0) is 9.59 Å². The molecule has 5 nitrogen and oxygen atoms in total. The van der Waals surface area contributed by atoms with E-state index in [1.807, 2.05) is 24.3 Å². The fraction of sp³-hybridized carbons (Fsp3) is 0.467. The molecule has 0 aliphatic carbocycles. The molecule has 0 bridgehead atoms. The van der Waals surface area contributed by atoms with Crippen molar-refractivity contribution in [3.05, 3.63) is 28.7 Å². The number of carbonyl (C=O) groups is 2. The third kappa shape index (κ3) is 5.38. The molecular formula is C15H20BrNO4. The van der Waals surface area contributed by atoms with Crippen molar-refractivity contribution < 1.29 is 19.4 Å². The number of likely N-dealkylation sites (N-methyl/N-ethyl adjacent to an activating group) is 1. The largest absolute Gasteiger partial charge is 0.492 e. The van der Waals surface area contributed by atoms with E-state index in [1.165, 1.54) is 11.8 Å². The zero-order valence-corrected chi connectivity index (χ0v) is 14.0. The van der Waals surface area contributed by atoms with Gasteiger partial charge in [0.2, 0.25) is 5.91 Å². The minimum Gasteiger partial charge on any atom is -0.492 e. The minimum atomic E-state index is -0.963. The van der Waals surface area contributed by atoms with Crippen molar-refractivity contribution in [2.45, 2.75) is 13.8 Å². The summed E-state index contributed by atoms with van der Waals surface area (Å²) in [5, 5.41) is 8.93. The van der Waals surface area contributed by atoms with Gasteiger partial charge in [0.25, 0.3) is 0 Å². The normalized spacial score (nSPS) is 13.3. The summed E-state index contributed by atoms with van der Waals surface area (Å²) >= 11 is 3.34. The highest BCUT2D eigenvalue weighted by Gasteiger charge is 2.27. The Hall–Kier alpha value is -1.56. The van der Waals surface area contributed by atoms with Crippen LogP contribution < -0.4 is 4.74 Å². The number of ether oxygens (including phenoxy) is 1. The minimum absolute atomic E-state index is 0.190. The second-order valence-corrected chi connectivity index (χ2v) is 5.89. The van der Waals surface area contributed by atoms with E-state index in [2.05, 4.69) is 15.9 Å². The standard InChI is InChI=1S/C15H20BrNO4/c1-10(11(2)15(19)20)14(18)17(3)8-9-21-13-6-4-12(16)5-7-13/h4-7,10-11H,8-9H2,1-3H3,(H,19,20). The average molecular weight is 358 g/mol. The molecule has 0 heterocycles. The number of carbonyl (C=O) groups excluding carboxylic acids is 1. The van der Waals surface area contributed by atoms with Crippen molar-refractivity contribution in [1.82, 2.24) is 4.90 Å². The van der Waals surface area contributed by atoms with E-state index in [0.717, 1.165) is 10.2 Å². The zero-order valence-electron chi connectivity index (χ0n) is 12.4. The molecule has 0 aromatic heterocycles. The van der Waals surface area contributed by atoms with Crippen LogP contribution in [0.2, 0.25) is 0 Å². The van der Waals surface area contributed by atoms with Crippen LogP contribution in [0.25, 0.3) is 0 Å². The monoisotopic (exact) mass is 357 g/mol. The Morgan fingerprint density at radius 3 is 2.33 bits per heavy atom. The summed E-state index contributed by atoms with van der Waals surface area (Å²) in [5.74, 6) is -1.68. The van der Waals surface area contributed by atoms with Gasteiger partial charge in [0.1, 0.15) is 12.4 Å². The molecule has 0 saturated heterocycles. The van der Waals surface area contributed by atoms with Gasteiger partial charge in [0.15, 0.2) is 0 Å². The fourth-order valence-corrected chi connectivity index (χ4v) is 1.98. The molecule has 116 valence electrons. The number of rotatable bonds is 7. The Labute approximate surface area is 133 Å². The van der Waals surface area contributed by atoms with E-state index in [1.54, 1.807) is 14.0 Å². The summed E-state index contributed by atoms with van der Waals surface area (Å²) in [6.45, 7) is 3.94. The quantitative estimate of drug-likeness (QED) is 0.814. The predicted octanol–water partition coefficient (Wildman–Crippen LogP) is 2.64. The molecule has 0 fully saturated rings. The van der Waals surface area contributed by atoms with E-state index >= 15 is 0 Å². The average Bonchev–Trinajstić information content (AvgIpc) is 2.46. The number of aliphatic carboxylic acids is 1. The maximum atomic E-state index is 12.1. The predicted molar refractivity (Wildman–Crippen MR) is 83.2 cm³/mol. The molecule has 2 atom stereocenters. The fourth-order valence-electron chi connectivity index (χ4n) is 1.72. The molecule has 1 rings (SSSR count). The van der Waals surface area contributed by atoms with Gasteiger partial charge in [0, 0.05) is 17.4 Å². The molecule has 0 spiro atoms. The van der Waals surface area contributed by atoms with Crippen LogP contribution in [0.1, 0.15) is 13.8 Å². The number of benzene rings is 1. The molecular weight excluding hydrogens is 338 g/mol. The molecule has 1 amide bonds. The molecule has 2 unspecified atom stereocenters. The SMILES string of the molecule is CC(C(=O)O)C(C)C(=O)N(C)CCOc1ccc(Br)cc1. The van der Waals surface area contributed by atoms with Crippen LogP contribution >= 0.6 is 15.9 Å². The Morgan fingerprint density at radius 1 is 1.24 bits per heavy atom. The van der Waals surface area contributed by atoms with Gasteiger partial charge in [0.05, 0.1) is 12.5 Å². The lowest BCUT2D eigenvalue weighted by Crippen LogP contribution is -2.38. The molecule has 1 N–H and O–H groups in total. The van der Waals surface area contributed by atoms with Crippen molar-refractivity contribution in [3.8, 4) is 5.75 Å². The summed E-state index contributed by atoms with van der Waals surface area (Å²) in [6.07, 6.45) is 0. The first-order valence-corrected chi connectivity index (χ1v) is 7.48. The molecule has 1 aromatic carbocycles. The van der Waals surface area contributed by atoms with Crippen LogP contribution in [0.4, 0.5) is 0 Å². The van der Waals surface area contributed by atoms with Crippen LogP contribution in [0.15, 0.2) is 28.7 Å². The highest BCUT2D eigenvalue weighted by molar-refractivity contribution is 9.10. The Morgan fingerprint density at radius 2 is 1.81 bits per heavy atom. The third-order valence-corrected chi connectivity index (χ3v) is 3.94. The topological polar surface area (TPSA) is 66.8 Å². The number of amides is 1. The van der Waals surface area contributed by atoms with E-state index in [-0.39, 0.29) is 5.91 Å². The molecule has 0 radical (unpaired) electrons. The zero-order chi connectivity index (χ0) is 16.0. The van der Waals surface area contributed by atoms with Crippen molar-refractivity contribution in [2.24, 2.45) is 11.8 Å². The third-order valence-electron chi connectivity index (χ3n) is 3.41. The number of halogens is 1. The summed E-state index contributed by atoms with van der Waals surface area (Å²) in [7, 11) is 1.65. The van der Waals surface area contributed by atoms with E-state index in [0.29, 0.717) is 13.2 Å². The Kier molecular flexibility index (Phi) is 6.68. The summed E-state index contributed by atoms with van der Waals surface area (Å²) in [5.41, 5.74) is 0. The van der Waals surface area contributed by atoms with Crippen LogP contribution in [0.5, 0.6) is 5.75 Å². The van der Waals surface area contributed by atoms with Gasteiger partial charge >= 0.3 is 5.97 Å². The van der Waals surface area contributed by atoms with Crippen LogP contribution in [0, 0.1) is 11.8 Å². The van der Waals surface area contributed by atoms with Crippen molar-refractivity contribution in [3.63, 3.8) is 0 Å². The first kappa shape index (κ1) is 17.5. The van der Waals surface area contributed by atoms with Gasteiger partial charge in [-0.2, -0.15) is 0 Å².